The fraction of sp³-hybridized carbons (Fsp3) is 0.462. The van der Waals surface area contributed by atoms with E-state index in [4.69, 9.17) is 14.5 Å². The fourth-order valence-electron chi connectivity index (χ4n) is 4.28. The summed E-state index contributed by atoms with van der Waals surface area (Å²) in [7, 11) is 3.18. The molecular weight excluding hydrogens is 402 g/mol. The highest BCUT2D eigenvalue weighted by Crippen LogP contribution is 2.42. The van der Waals surface area contributed by atoms with Crippen LogP contribution >= 0.6 is 0 Å². The smallest absolute Gasteiger partial charge is 0.237 e. The minimum absolute atomic E-state index is 0.0722. The van der Waals surface area contributed by atoms with Gasteiger partial charge < -0.3 is 14.8 Å². The third-order valence-corrected chi connectivity index (χ3v) is 5.98. The van der Waals surface area contributed by atoms with E-state index in [0.717, 1.165) is 29.2 Å². The quantitative estimate of drug-likeness (QED) is 0.523. The first-order valence-corrected chi connectivity index (χ1v) is 11.3. The summed E-state index contributed by atoms with van der Waals surface area (Å²) in [6.07, 6.45) is 0.669. The minimum Gasteiger partial charge on any atom is -0.493 e. The molecule has 1 atom stereocenters. The van der Waals surface area contributed by atoms with Gasteiger partial charge in [-0.15, -0.1) is 0 Å². The third kappa shape index (κ3) is 4.96. The van der Waals surface area contributed by atoms with E-state index < -0.39 is 5.92 Å². The van der Waals surface area contributed by atoms with E-state index in [1.165, 1.54) is 5.56 Å². The van der Waals surface area contributed by atoms with Crippen LogP contribution in [0.15, 0.2) is 41.4 Å². The molecule has 2 aromatic rings. The van der Waals surface area contributed by atoms with E-state index in [1.54, 1.807) is 14.2 Å². The third-order valence-electron chi connectivity index (χ3n) is 5.98. The van der Waals surface area contributed by atoms with Gasteiger partial charge >= 0.3 is 0 Å². The molecule has 6 nitrogen and oxygen atoms in total. The first kappa shape index (κ1) is 23.8. The largest absolute Gasteiger partial charge is 0.493 e. The first-order chi connectivity index (χ1) is 15.3. The molecule has 3 rings (SSSR count). The molecule has 0 radical (unpaired) electrons. The van der Waals surface area contributed by atoms with Gasteiger partial charge in [0.15, 0.2) is 11.5 Å². The molecular formula is C26H35N3O3. The highest BCUT2D eigenvalue weighted by Gasteiger charge is 2.35. The number of carbonyl (C=O) groups is 1. The van der Waals surface area contributed by atoms with Crippen LogP contribution in [0, 0.1) is 0 Å². The molecule has 1 unspecified atom stereocenters. The first-order valence-electron chi connectivity index (χ1n) is 11.3. The maximum atomic E-state index is 12.8. The predicted molar refractivity (Wildman–Crippen MR) is 131 cm³/mol. The van der Waals surface area contributed by atoms with Gasteiger partial charge in [-0.3, -0.25) is 14.7 Å². The summed E-state index contributed by atoms with van der Waals surface area (Å²) in [6.45, 7) is 11.8. The van der Waals surface area contributed by atoms with E-state index >= 15 is 0 Å². The SMILES string of the molecule is CCC(=Nc1ccc(CN(C(C)C)C(C)C)cc1)C1C(=O)Nc2cc(OC)c(OC)cc21. The number of aliphatic imine (C=N–C) groups is 1. The average Bonchev–Trinajstić information content (AvgIpc) is 3.09. The van der Waals surface area contributed by atoms with Crippen molar-refractivity contribution in [1.82, 2.24) is 4.90 Å². The Morgan fingerprint density at radius 2 is 1.62 bits per heavy atom. The van der Waals surface area contributed by atoms with Crippen LogP contribution in [-0.2, 0) is 11.3 Å². The molecule has 0 spiro atoms. The number of hydrogen-bond acceptors (Lipinski definition) is 5. The summed E-state index contributed by atoms with van der Waals surface area (Å²) >= 11 is 0. The molecule has 0 fully saturated rings. The Hall–Kier alpha value is -2.86. The zero-order valence-corrected chi connectivity index (χ0v) is 20.2. The van der Waals surface area contributed by atoms with E-state index in [0.29, 0.717) is 30.0 Å². The Morgan fingerprint density at radius 3 is 2.16 bits per heavy atom. The highest BCUT2D eigenvalue weighted by molar-refractivity contribution is 6.19. The van der Waals surface area contributed by atoms with Crippen molar-refractivity contribution in [3.8, 4) is 11.5 Å². The number of fused-ring (bicyclic) bond motifs is 1. The second-order valence-corrected chi connectivity index (χ2v) is 8.70. The number of rotatable bonds is 9. The maximum absolute atomic E-state index is 12.8. The summed E-state index contributed by atoms with van der Waals surface area (Å²) in [4.78, 5) is 20.2. The van der Waals surface area contributed by atoms with E-state index in [1.807, 2.05) is 31.2 Å². The molecule has 172 valence electrons. The van der Waals surface area contributed by atoms with Crippen LogP contribution in [0.1, 0.15) is 58.1 Å². The number of ether oxygens (including phenoxy) is 2. The van der Waals surface area contributed by atoms with Crippen LogP contribution in [0.25, 0.3) is 0 Å². The van der Waals surface area contributed by atoms with Crippen molar-refractivity contribution in [1.29, 1.82) is 0 Å². The minimum atomic E-state index is -0.438. The van der Waals surface area contributed by atoms with E-state index in [2.05, 4.69) is 50.0 Å². The van der Waals surface area contributed by atoms with Crippen LogP contribution in [0.4, 0.5) is 11.4 Å². The van der Waals surface area contributed by atoms with Crippen LogP contribution in [0.2, 0.25) is 0 Å². The molecule has 0 saturated carbocycles. The van der Waals surface area contributed by atoms with Gasteiger partial charge in [-0.05, 0) is 63.4 Å². The van der Waals surface area contributed by atoms with Crippen molar-refractivity contribution in [2.45, 2.75) is 65.6 Å². The van der Waals surface area contributed by atoms with Crippen LogP contribution in [0.3, 0.4) is 0 Å². The van der Waals surface area contributed by atoms with Gasteiger partial charge in [0.25, 0.3) is 0 Å². The average molecular weight is 438 g/mol. The number of nitrogens with zero attached hydrogens (tertiary/aromatic N) is 2. The second-order valence-electron chi connectivity index (χ2n) is 8.70. The van der Waals surface area contributed by atoms with Gasteiger partial charge in [0.2, 0.25) is 5.91 Å². The Labute approximate surface area is 191 Å². The van der Waals surface area contributed by atoms with Crippen molar-refractivity contribution in [3.05, 3.63) is 47.5 Å². The molecule has 1 aliphatic rings. The van der Waals surface area contributed by atoms with Crippen molar-refractivity contribution in [2.75, 3.05) is 19.5 Å². The molecule has 32 heavy (non-hydrogen) atoms. The standard InChI is InChI=1S/C26H35N3O3/c1-8-21(25-20-13-23(31-6)24(32-7)14-22(20)28-26(25)30)27-19-11-9-18(10-12-19)15-29(16(2)3)17(4)5/h9-14,16-17,25H,8,15H2,1-7H3,(H,28,30). The predicted octanol–water partition coefficient (Wildman–Crippen LogP) is 5.54. The molecule has 0 saturated heterocycles. The van der Waals surface area contributed by atoms with Gasteiger partial charge in [0, 0.05) is 36.1 Å². The lowest BCUT2D eigenvalue weighted by atomic mass is 9.93. The Morgan fingerprint density at radius 1 is 1.03 bits per heavy atom. The number of nitrogens with one attached hydrogen (secondary N) is 1. The summed E-state index contributed by atoms with van der Waals surface area (Å²) in [5.74, 6) is 0.686. The van der Waals surface area contributed by atoms with Gasteiger partial charge in [-0.25, -0.2) is 0 Å². The van der Waals surface area contributed by atoms with E-state index in [9.17, 15) is 4.79 Å². The number of methoxy groups -OCH3 is 2. The molecule has 1 heterocycles. The van der Waals surface area contributed by atoms with E-state index in [-0.39, 0.29) is 5.91 Å². The van der Waals surface area contributed by atoms with Crippen molar-refractivity contribution in [3.63, 3.8) is 0 Å². The van der Waals surface area contributed by atoms with Gasteiger partial charge in [-0.2, -0.15) is 0 Å². The molecule has 6 heteroatoms. The topological polar surface area (TPSA) is 63.2 Å². The van der Waals surface area contributed by atoms with Gasteiger partial charge in [0.05, 0.1) is 19.9 Å². The van der Waals surface area contributed by atoms with Gasteiger partial charge in [0.1, 0.15) is 5.92 Å². The maximum Gasteiger partial charge on any atom is 0.237 e. The van der Waals surface area contributed by atoms with Crippen LogP contribution in [-0.4, -0.2) is 42.8 Å². The molecule has 0 aromatic heterocycles. The second kappa shape index (κ2) is 10.2. The monoisotopic (exact) mass is 437 g/mol. The summed E-state index contributed by atoms with van der Waals surface area (Å²) in [5.41, 5.74) is 4.55. The van der Waals surface area contributed by atoms with Crippen molar-refractivity contribution >= 4 is 23.0 Å². The van der Waals surface area contributed by atoms with Crippen LogP contribution < -0.4 is 14.8 Å². The lowest BCUT2D eigenvalue weighted by Crippen LogP contribution is -2.36. The highest BCUT2D eigenvalue weighted by atomic mass is 16.5. The van der Waals surface area contributed by atoms with Gasteiger partial charge in [-0.1, -0.05) is 19.1 Å². The molecule has 0 bridgehead atoms. The summed E-state index contributed by atoms with van der Waals surface area (Å²) in [6, 6.07) is 13.0. The van der Waals surface area contributed by atoms with Crippen molar-refractivity contribution < 1.29 is 14.3 Å². The lowest BCUT2D eigenvalue weighted by molar-refractivity contribution is -0.115. The molecule has 0 aliphatic carbocycles. The number of amides is 1. The molecule has 1 amide bonds. The fourth-order valence-corrected chi connectivity index (χ4v) is 4.28. The van der Waals surface area contributed by atoms with Crippen molar-refractivity contribution in [2.24, 2.45) is 4.99 Å². The zero-order chi connectivity index (χ0) is 23.4. The Bertz CT molecular complexity index is 973. The number of carbonyl (C=O) groups excluding carboxylic acids is 1. The molecule has 2 aromatic carbocycles. The lowest BCUT2D eigenvalue weighted by Gasteiger charge is -2.30. The zero-order valence-electron chi connectivity index (χ0n) is 20.2. The number of anilines is 1. The summed E-state index contributed by atoms with van der Waals surface area (Å²) in [5, 5.41) is 2.97. The Balaban J connectivity index is 1.88. The number of benzene rings is 2. The summed E-state index contributed by atoms with van der Waals surface area (Å²) < 4.78 is 10.8. The number of hydrogen-bond donors (Lipinski definition) is 1. The molecule has 1 N–H and O–H groups in total. The van der Waals surface area contributed by atoms with Crippen LogP contribution in [0.5, 0.6) is 11.5 Å². The Kier molecular flexibility index (Phi) is 7.56. The molecule has 1 aliphatic heterocycles. The normalized spacial score (nSPS) is 16.0.